The molecule has 0 radical (unpaired) electrons. The maximum Gasteiger partial charge on any atom is 0.197 e. The second kappa shape index (κ2) is 5.96. The molecule has 0 bridgehead atoms. The molecule has 0 aliphatic rings. The van der Waals surface area contributed by atoms with Crippen molar-refractivity contribution >= 4 is 34.3 Å². The Hall–Kier alpha value is -1.71. The molecule has 0 saturated carbocycles. The average Bonchev–Trinajstić information content (AvgIpc) is 2.89. The zero-order valence-corrected chi connectivity index (χ0v) is 12.9. The minimum atomic E-state index is -0.327. The van der Waals surface area contributed by atoms with Crippen LogP contribution >= 0.6 is 23.2 Å². The summed E-state index contributed by atoms with van der Waals surface area (Å²) in [7, 11) is 1.61. The van der Waals surface area contributed by atoms with E-state index in [4.69, 9.17) is 32.4 Å². The lowest BCUT2D eigenvalue weighted by atomic mass is 10.1. The van der Waals surface area contributed by atoms with Gasteiger partial charge in [-0.05, 0) is 30.3 Å². The number of fused-ring (bicyclic) bond motifs is 1. The summed E-state index contributed by atoms with van der Waals surface area (Å²) in [4.78, 5) is 4.43. The first kappa shape index (κ1) is 14.2. The van der Waals surface area contributed by atoms with Crippen molar-refractivity contribution in [3.63, 3.8) is 0 Å². The molecule has 3 aromatic rings. The van der Waals surface area contributed by atoms with E-state index in [-0.39, 0.29) is 5.38 Å². The van der Waals surface area contributed by atoms with Gasteiger partial charge in [-0.15, -0.1) is 11.6 Å². The number of hydrogen-bond donors (Lipinski definition) is 0. The van der Waals surface area contributed by atoms with E-state index in [1.165, 1.54) is 0 Å². The summed E-state index contributed by atoms with van der Waals surface area (Å²) in [5.41, 5.74) is 2.41. The van der Waals surface area contributed by atoms with Crippen LogP contribution in [0.3, 0.4) is 0 Å². The summed E-state index contributed by atoms with van der Waals surface area (Å²) in [5.74, 6) is 1.30. The zero-order valence-electron chi connectivity index (χ0n) is 11.3. The zero-order chi connectivity index (χ0) is 14.8. The molecule has 0 aliphatic carbocycles. The molecule has 1 atom stereocenters. The maximum absolute atomic E-state index is 6.49. The minimum Gasteiger partial charge on any atom is -0.496 e. The van der Waals surface area contributed by atoms with E-state index in [1.54, 1.807) is 25.3 Å². The highest BCUT2D eigenvalue weighted by molar-refractivity contribution is 6.31. The number of halogens is 2. The molecule has 21 heavy (non-hydrogen) atoms. The molecule has 1 aromatic heterocycles. The first-order valence-electron chi connectivity index (χ1n) is 6.49. The number of hydrogen-bond acceptors (Lipinski definition) is 3. The number of alkyl halides is 1. The van der Waals surface area contributed by atoms with Gasteiger partial charge in [-0.2, -0.15) is 0 Å². The number of benzene rings is 2. The molecule has 0 aliphatic heterocycles. The van der Waals surface area contributed by atoms with Crippen LogP contribution in [0.1, 0.15) is 16.8 Å². The Labute approximate surface area is 132 Å². The van der Waals surface area contributed by atoms with Crippen molar-refractivity contribution in [3.8, 4) is 5.75 Å². The fourth-order valence-electron chi connectivity index (χ4n) is 2.22. The quantitative estimate of drug-likeness (QED) is 0.633. The van der Waals surface area contributed by atoms with Gasteiger partial charge in [0.25, 0.3) is 0 Å². The summed E-state index contributed by atoms with van der Waals surface area (Å²) < 4.78 is 11.0. The minimum absolute atomic E-state index is 0.327. The van der Waals surface area contributed by atoms with Crippen LogP contribution in [0.4, 0.5) is 0 Å². The number of rotatable bonds is 4. The Kier molecular flexibility index (Phi) is 4.04. The first-order chi connectivity index (χ1) is 10.2. The van der Waals surface area contributed by atoms with Crippen molar-refractivity contribution in [1.82, 2.24) is 4.98 Å². The predicted octanol–water partition coefficient (Wildman–Crippen LogP) is 5.01. The summed E-state index contributed by atoms with van der Waals surface area (Å²) in [6.45, 7) is 0. The van der Waals surface area contributed by atoms with Gasteiger partial charge in [0.1, 0.15) is 11.3 Å². The molecule has 0 saturated heterocycles. The van der Waals surface area contributed by atoms with Crippen molar-refractivity contribution in [2.24, 2.45) is 0 Å². The van der Waals surface area contributed by atoms with E-state index in [0.717, 1.165) is 16.7 Å². The summed E-state index contributed by atoms with van der Waals surface area (Å²) in [6, 6.07) is 13.0. The Morgan fingerprint density at radius 1 is 1.24 bits per heavy atom. The Morgan fingerprint density at radius 2 is 2.05 bits per heavy atom. The fraction of sp³-hybridized carbons (Fsp3) is 0.188. The summed E-state index contributed by atoms with van der Waals surface area (Å²) in [5, 5.41) is 0.292. The van der Waals surface area contributed by atoms with Gasteiger partial charge in [-0.1, -0.05) is 23.7 Å². The van der Waals surface area contributed by atoms with Crippen molar-refractivity contribution in [3.05, 3.63) is 58.9 Å². The van der Waals surface area contributed by atoms with Gasteiger partial charge in [-0.25, -0.2) is 4.98 Å². The molecule has 1 heterocycles. The molecule has 0 amide bonds. The van der Waals surface area contributed by atoms with Crippen molar-refractivity contribution < 1.29 is 9.15 Å². The third-order valence-electron chi connectivity index (χ3n) is 3.22. The highest BCUT2D eigenvalue weighted by Crippen LogP contribution is 2.34. The van der Waals surface area contributed by atoms with E-state index < -0.39 is 0 Å². The molecule has 1 unspecified atom stereocenters. The number of nitrogens with zero attached hydrogens (tertiary/aromatic N) is 1. The molecule has 3 nitrogen and oxygen atoms in total. The maximum atomic E-state index is 6.49. The number of methoxy groups -OCH3 is 1. The summed E-state index contributed by atoms with van der Waals surface area (Å²) in [6.07, 6.45) is 0.465. The van der Waals surface area contributed by atoms with Crippen LogP contribution in [-0.4, -0.2) is 12.1 Å². The molecule has 5 heteroatoms. The van der Waals surface area contributed by atoms with Gasteiger partial charge < -0.3 is 9.15 Å². The number of para-hydroxylation sites is 2. The smallest absolute Gasteiger partial charge is 0.197 e. The molecular formula is C16H13Cl2NO2. The molecular weight excluding hydrogens is 309 g/mol. The lowest BCUT2D eigenvalue weighted by Crippen LogP contribution is -1.99. The van der Waals surface area contributed by atoms with Crippen molar-refractivity contribution in [1.29, 1.82) is 0 Å². The van der Waals surface area contributed by atoms with Crippen LogP contribution in [0.25, 0.3) is 11.1 Å². The van der Waals surface area contributed by atoms with E-state index in [9.17, 15) is 0 Å². The number of aromatic nitrogens is 1. The Morgan fingerprint density at radius 3 is 2.81 bits per heavy atom. The van der Waals surface area contributed by atoms with Crippen LogP contribution in [0, 0.1) is 0 Å². The monoisotopic (exact) mass is 321 g/mol. The van der Waals surface area contributed by atoms with Crippen molar-refractivity contribution in [2.75, 3.05) is 7.11 Å². The normalized spacial score (nSPS) is 12.5. The second-order valence-corrected chi connectivity index (χ2v) is 5.60. The van der Waals surface area contributed by atoms with Gasteiger partial charge in [0, 0.05) is 17.0 Å². The van der Waals surface area contributed by atoms with E-state index in [1.807, 2.05) is 24.3 Å². The standard InChI is InChI=1S/C16H13Cl2NO2/c1-20-14-7-6-10(17)8-11(14)12(18)9-16-19-13-4-2-3-5-15(13)21-16/h2-8,12H,9H2,1H3. The van der Waals surface area contributed by atoms with E-state index in [2.05, 4.69) is 4.98 Å². The summed E-state index contributed by atoms with van der Waals surface area (Å²) >= 11 is 12.5. The van der Waals surface area contributed by atoms with Gasteiger partial charge in [-0.3, -0.25) is 0 Å². The Bertz CT molecular complexity index is 737. The topological polar surface area (TPSA) is 35.3 Å². The van der Waals surface area contributed by atoms with Crippen LogP contribution in [0.2, 0.25) is 5.02 Å². The highest BCUT2D eigenvalue weighted by atomic mass is 35.5. The highest BCUT2D eigenvalue weighted by Gasteiger charge is 2.18. The first-order valence-corrected chi connectivity index (χ1v) is 7.31. The number of oxazole rings is 1. The molecule has 0 N–H and O–H groups in total. The SMILES string of the molecule is COc1ccc(Cl)cc1C(Cl)Cc1nc2ccccc2o1. The predicted molar refractivity (Wildman–Crippen MR) is 84.3 cm³/mol. The van der Waals surface area contributed by atoms with E-state index in [0.29, 0.717) is 23.1 Å². The molecule has 0 spiro atoms. The van der Waals surface area contributed by atoms with Crippen LogP contribution < -0.4 is 4.74 Å². The van der Waals surface area contributed by atoms with Crippen molar-refractivity contribution in [2.45, 2.75) is 11.8 Å². The Balaban J connectivity index is 1.88. The second-order valence-electron chi connectivity index (χ2n) is 4.63. The lowest BCUT2D eigenvalue weighted by Gasteiger charge is -2.12. The van der Waals surface area contributed by atoms with Gasteiger partial charge in [0.15, 0.2) is 11.5 Å². The molecule has 108 valence electrons. The van der Waals surface area contributed by atoms with Crippen LogP contribution in [0.15, 0.2) is 46.9 Å². The van der Waals surface area contributed by atoms with Gasteiger partial charge in [0.05, 0.1) is 12.5 Å². The lowest BCUT2D eigenvalue weighted by molar-refractivity contribution is 0.408. The third kappa shape index (κ3) is 2.99. The van der Waals surface area contributed by atoms with Gasteiger partial charge in [0.2, 0.25) is 0 Å². The van der Waals surface area contributed by atoms with Crippen LogP contribution in [-0.2, 0) is 6.42 Å². The molecule has 0 fully saturated rings. The van der Waals surface area contributed by atoms with E-state index >= 15 is 0 Å². The average molecular weight is 322 g/mol. The molecule has 2 aromatic carbocycles. The number of ether oxygens (including phenoxy) is 1. The van der Waals surface area contributed by atoms with Crippen LogP contribution in [0.5, 0.6) is 5.75 Å². The fourth-order valence-corrected chi connectivity index (χ4v) is 2.70. The third-order valence-corrected chi connectivity index (χ3v) is 3.85. The van der Waals surface area contributed by atoms with Gasteiger partial charge >= 0.3 is 0 Å². The molecule has 3 rings (SSSR count). The largest absolute Gasteiger partial charge is 0.496 e.